The maximum absolute atomic E-state index is 13.7. The average molecular weight is 552 g/mol. The fraction of sp³-hybridized carbons (Fsp3) is 0.276. The highest BCUT2D eigenvalue weighted by atomic mass is 35.5. The Labute approximate surface area is 230 Å². The first-order valence-corrected chi connectivity index (χ1v) is 12.6. The number of nitrogens with zero attached hydrogens (tertiary/aromatic N) is 2. The molecule has 10 heteroatoms. The standard InChI is InChI=1S/C29H30ClN3O6/c1-16-6-11-20(21(34)14-16)31-22(35)15-33-13-12-19-23(17-7-9-18(30)10-8-17)25(32(5)27(36)24(19)33)26(28(37)38)39-29(2,3)4/h6-14,26,34H,15H2,1-5H3,(H,31,35)(H,37,38). The zero-order valence-corrected chi connectivity index (χ0v) is 23.0. The van der Waals surface area contributed by atoms with Gasteiger partial charge in [-0.25, -0.2) is 4.79 Å². The monoisotopic (exact) mass is 551 g/mol. The zero-order chi connectivity index (χ0) is 28.6. The number of aromatic nitrogens is 2. The summed E-state index contributed by atoms with van der Waals surface area (Å²) in [7, 11) is 1.49. The van der Waals surface area contributed by atoms with Crippen LogP contribution in [0.3, 0.4) is 0 Å². The largest absolute Gasteiger partial charge is 0.506 e. The number of aromatic hydroxyl groups is 1. The van der Waals surface area contributed by atoms with Gasteiger partial charge < -0.3 is 29.4 Å². The number of carboxylic acid groups (broad SMARTS) is 1. The van der Waals surface area contributed by atoms with Gasteiger partial charge in [-0.3, -0.25) is 9.59 Å². The topological polar surface area (TPSA) is 123 Å². The van der Waals surface area contributed by atoms with Crippen LogP contribution in [0.4, 0.5) is 5.69 Å². The lowest BCUT2D eigenvalue weighted by Gasteiger charge is -2.28. The molecule has 0 aliphatic carbocycles. The Morgan fingerprint density at radius 2 is 1.77 bits per heavy atom. The molecule has 0 saturated carbocycles. The summed E-state index contributed by atoms with van der Waals surface area (Å²) in [5, 5.41) is 23.9. The van der Waals surface area contributed by atoms with Crippen molar-refractivity contribution in [3.63, 3.8) is 0 Å². The number of pyridine rings is 1. The third-order valence-corrected chi connectivity index (χ3v) is 6.43. The van der Waals surface area contributed by atoms with Gasteiger partial charge in [0.1, 0.15) is 17.8 Å². The lowest BCUT2D eigenvalue weighted by Crippen LogP contribution is -2.33. The molecule has 204 valence electrons. The van der Waals surface area contributed by atoms with Gasteiger partial charge in [-0.05, 0) is 69.2 Å². The quantitative estimate of drug-likeness (QED) is 0.269. The van der Waals surface area contributed by atoms with Crippen LogP contribution >= 0.6 is 11.6 Å². The van der Waals surface area contributed by atoms with Gasteiger partial charge in [-0.2, -0.15) is 0 Å². The molecule has 0 bridgehead atoms. The number of fused-ring (bicyclic) bond motifs is 1. The van der Waals surface area contributed by atoms with Crippen LogP contribution in [-0.2, 0) is 27.9 Å². The molecule has 1 amide bonds. The van der Waals surface area contributed by atoms with E-state index in [1.807, 2.05) is 6.92 Å². The van der Waals surface area contributed by atoms with Crippen LogP contribution in [0.5, 0.6) is 5.75 Å². The second kappa shape index (κ2) is 10.6. The van der Waals surface area contributed by atoms with E-state index < -0.39 is 29.1 Å². The predicted octanol–water partition coefficient (Wildman–Crippen LogP) is 5.25. The first-order valence-electron chi connectivity index (χ1n) is 12.2. The second-order valence-corrected chi connectivity index (χ2v) is 10.8. The van der Waals surface area contributed by atoms with E-state index in [0.717, 1.165) is 5.56 Å². The molecule has 0 aliphatic heterocycles. The maximum atomic E-state index is 13.7. The van der Waals surface area contributed by atoms with Crippen LogP contribution in [-0.4, -0.2) is 36.8 Å². The summed E-state index contributed by atoms with van der Waals surface area (Å²) in [6, 6.07) is 13.4. The molecule has 39 heavy (non-hydrogen) atoms. The minimum atomic E-state index is -1.45. The number of carboxylic acids is 1. The molecule has 0 fully saturated rings. The van der Waals surface area contributed by atoms with Crippen molar-refractivity contribution in [1.29, 1.82) is 0 Å². The van der Waals surface area contributed by atoms with Crippen LogP contribution in [0, 0.1) is 6.92 Å². The number of amides is 1. The molecule has 2 heterocycles. The number of carbonyl (C=O) groups is 2. The fourth-order valence-electron chi connectivity index (χ4n) is 4.51. The molecule has 4 rings (SSSR count). The van der Waals surface area contributed by atoms with E-state index in [9.17, 15) is 24.6 Å². The molecule has 0 aliphatic rings. The molecule has 0 spiro atoms. The van der Waals surface area contributed by atoms with Crippen molar-refractivity contribution in [3.8, 4) is 16.9 Å². The van der Waals surface area contributed by atoms with Crippen molar-refractivity contribution < 1.29 is 24.5 Å². The smallest absolute Gasteiger partial charge is 0.339 e. The third-order valence-electron chi connectivity index (χ3n) is 6.18. The maximum Gasteiger partial charge on any atom is 0.339 e. The Hall–Kier alpha value is -4.08. The Kier molecular flexibility index (Phi) is 7.59. The minimum Gasteiger partial charge on any atom is -0.506 e. The van der Waals surface area contributed by atoms with Gasteiger partial charge >= 0.3 is 5.97 Å². The Morgan fingerprint density at radius 3 is 2.36 bits per heavy atom. The number of anilines is 1. The van der Waals surface area contributed by atoms with E-state index in [2.05, 4.69) is 5.32 Å². The number of phenols is 1. The fourth-order valence-corrected chi connectivity index (χ4v) is 4.64. The van der Waals surface area contributed by atoms with Crippen molar-refractivity contribution in [1.82, 2.24) is 9.13 Å². The zero-order valence-electron chi connectivity index (χ0n) is 22.3. The molecule has 9 nitrogen and oxygen atoms in total. The molecule has 1 atom stereocenters. The van der Waals surface area contributed by atoms with Gasteiger partial charge in [0.15, 0.2) is 6.10 Å². The molecule has 0 saturated heterocycles. The number of ether oxygens (including phenoxy) is 1. The number of hydrogen-bond donors (Lipinski definition) is 3. The Morgan fingerprint density at radius 1 is 1.10 bits per heavy atom. The van der Waals surface area contributed by atoms with Gasteiger partial charge in [0.25, 0.3) is 5.56 Å². The molecule has 4 aromatic rings. The Balaban J connectivity index is 1.89. The molecule has 1 unspecified atom stereocenters. The van der Waals surface area contributed by atoms with Gasteiger partial charge in [0.2, 0.25) is 5.91 Å². The summed E-state index contributed by atoms with van der Waals surface area (Å²) in [6.07, 6.45) is 0.151. The van der Waals surface area contributed by atoms with Crippen LogP contribution in [0.15, 0.2) is 59.5 Å². The van der Waals surface area contributed by atoms with Crippen molar-refractivity contribution in [2.24, 2.45) is 7.05 Å². The number of aliphatic carboxylic acids is 1. The van der Waals surface area contributed by atoms with Crippen LogP contribution in [0.1, 0.15) is 38.1 Å². The minimum absolute atomic E-state index is 0.0649. The van der Waals surface area contributed by atoms with E-state index in [1.165, 1.54) is 22.2 Å². The molecular formula is C29H30ClN3O6. The number of carbonyl (C=O) groups excluding carboxylic acids is 1. The Bertz CT molecular complexity index is 1630. The highest BCUT2D eigenvalue weighted by molar-refractivity contribution is 6.30. The number of rotatable bonds is 7. The van der Waals surface area contributed by atoms with Crippen molar-refractivity contribution >= 4 is 40.1 Å². The van der Waals surface area contributed by atoms with Gasteiger partial charge in [-0.1, -0.05) is 29.8 Å². The SMILES string of the molecule is Cc1ccc(NC(=O)Cn2ccc3c(-c4ccc(Cl)cc4)c(C(OC(C)(C)C)C(=O)O)n(C)c(=O)c32)c(O)c1. The summed E-state index contributed by atoms with van der Waals surface area (Å²) in [5.74, 6) is -1.76. The number of halogens is 1. The lowest BCUT2D eigenvalue weighted by atomic mass is 9.96. The molecule has 3 N–H and O–H groups in total. The molecule has 2 aromatic heterocycles. The van der Waals surface area contributed by atoms with Crippen LogP contribution < -0.4 is 10.9 Å². The van der Waals surface area contributed by atoms with Crippen molar-refractivity contribution in [2.75, 3.05) is 5.32 Å². The summed E-state index contributed by atoms with van der Waals surface area (Å²) >= 11 is 6.12. The summed E-state index contributed by atoms with van der Waals surface area (Å²) in [4.78, 5) is 39.0. The van der Waals surface area contributed by atoms with Crippen molar-refractivity contribution in [2.45, 2.75) is 45.9 Å². The van der Waals surface area contributed by atoms with E-state index in [0.29, 0.717) is 21.5 Å². The van der Waals surface area contributed by atoms with E-state index in [-0.39, 0.29) is 29.2 Å². The first kappa shape index (κ1) is 27.9. The number of aryl methyl sites for hydroxylation is 1. The number of phenolic OH excluding ortho intramolecular Hbond substituents is 1. The van der Waals surface area contributed by atoms with Crippen molar-refractivity contribution in [3.05, 3.63) is 81.4 Å². The number of hydrogen-bond acceptors (Lipinski definition) is 5. The number of nitrogens with one attached hydrogen (secondary N) is 1. The molecular weight excluding hydrogens is 522 g/mol. The second-order valence-electron chi connectivity index (χ2n) is 10.4. The summed E-state index contributed by atoms with van der Waals surface area (Å²) < 4.78 is 8.70. The first-order chi connectivity index (χ1) is 18.3. The summed E-state index contributed by atoms with van der Waals surface area (Å²) in [6.45, 7) is 6.82. The normalized spacial score (nSPS) is 12.5. The lowest BCUT2D eigenvalue weighted by molar-refractivity contribution is -0.161. The van der Waals surface area contributed by atoms with Crippen LogP contribution in [0.2, 0.25) is 5.02 Å². The van der Waals surface area contributed by atoms with Gasteiger partial charge in [0.05, 0.1) is 17.0 Å². The van der Waals surface area contributed by atoms with E-state index in [1.54, 1.807) is 69.4 Å². The van der Waals surface area contributed by atoms with Gasteiger partial charge in [0, 0.05) is 29.2 Å². The highest BCUT2D eigenvalue weighted by Crippen LogP contribution is 2.37. The average Bonchev–Trinajstić information content (AvgIpc) is 3.25. The highest BCUT2D eigenvalue weighted by Gasteiger charge is 2.33. The van der Waals surface area contributed by atoms with E-state index >= 15 is 0 Å². The summed E-state index contributed by atoms with van der Waals surface area (Å²) in [5.41, 5.74) is 1.28. The van der Waals surface area contributed by atoms with Crippen LogP contribution in [0.25, 0.3) is 22.0 Å². The third kappa shape index (κ3) is 5.84. The molecule has 0 radical (unpaired) electrons. The van der Waals surface area contributed by atoms with Gasteiger partial charge in [-0.15, -0.1) is 0 Å². The predicted molar refractivity (Wildman–Crippen MR) is 150 cm³/mol. The number of benzene rings is 2. The van der Waals surface area contributed by atoms with E-state index in [4.69, 9.17) is 16.3 Å². The molecule has 2 aromatic carbocycles.